The van der Waals surface area contributed by atoms with Crippen LogP contribution in [0.2, 0.25) is 0 Å². The Morgan fingerprint density at radius 2 is 2.05 bits per heavy atom. The smallest absolute Gasteiger partial charge is 0.466 e. The summed E-state index contributed by atoms with van der Waals surface area (Å²) >= 11 is 0. The maximum absolute atomic E-state index is 12.7. The second kappa shape index (κ2) is 11.0. The summed E-state index contributed by atoms with van der Waals surface area (Å²) in [7, 11) is 0. The lowest BCUT2D eigenvalue weighted by Crippen LogP contribution is -2.35. The van der Waals surface area contributed by atoms with Crippen molar-refractivity contribution in [1.29, 1.82) is 0 Å². The first-order chi connectivity index (χ1) is 18.7. The average Bonchev–Trinajstić information content (AvgIpc) is 3.31. The molecular weight excluding hydrogens is 513 g/mol. The molecule has 1 N–H and O–H groups in total. The van der Waals surface area contributed by atoms with Gasteiger partial charge in [-0.2, -0.15) is 0 Å². The first kappa shape index (κ1) is 26.6. The van der Waals surface area contributed by atoms with E-state index in [1.165, 1.54) is 6.20 Å². The number of nitrogens with one attached hydrogen (secondary N) is 1. The second-order valence-corrected chi connectivity index (χ2v) is 9.94. The van der Waals surface area contributed by atoms with Crippen LogP contribution in [0.1, 0.15) is 39.0 Å². The number of halogens is 3. The lowest BCUT2D eigenvalue weighted by Gasteiger charge is -2.37. The van der Waals surface area contributed by atoms with Gasteiger partial charge in [0.15, 0.2) is 5.82 Å². The molecule has 5 rings (SSSR count). The molecule has 1 saturated carbocycles. The molecule has 0 radical (unpaired) electrons. The number of alkyl halides is 3. The van der Waals surface area contributed by atoms with Crippen molar-refractivity contribution in [1.82, 2.24) is 19.9 Å². The number of pyridine rings is 2. The third-order valence-electron chi connectivity index (χ3n) is 7.17. The first-order valence-corrected chi connectivity index (χ1v) is 12.9. The molecule has 2 atom stereocenters. The zero-order valence-corrected chi connectivity index (χ0v) is 21.4. The summed E-state index contributed by atoms with van der Waals surface area (Å²) in [5.74, 6) is 0.988. The number of hydrogen-bond acceptors (Lipinski definition) is 9. The fourth-order valence-electron chi connectivity index (χ4n) is 5.51. The zero-order chi connectivity index (χ0) is 27.5. The molecule has 1 aliphatic heterocycles. The third kappa shape index (κ3) is 6.55. The molecule has 0 bridgehead atoms. The van der Waals surface area contributed by atoms with Gasteiger partial charge in [0.2, 0.25) is 0 Å². The van der Waals surface area contributed by atoms with E-state index in [0.717, 1.165) is 57.3 Å². The Morgan fingerprint density at radius 3 is 2.82 bits per heavy atom. The van der Waals surface area contributed by atoms with E-state index >= 15 is 0 Å². The van der Waals surface area contributed by atoms with E-state index in [1.54, 1.807) is 24.5 Å². The van der Waals surface area contributed by atoms with Gasteiger partial charge < -0.3 is 19.7 Å². The van der Waals surface area contributed by atoms with Gasteiger partial charge in [0.05, 0.1) is 12.5 Å². The Kier molecular flexibility index (Phi) is 7.53. The topological polar surface area (TPSA) is 102 Å². The molecule has 3 aromatic heterocycles. The first-order valence-electron chi connectivity index (χ1n) is 12.9. The van der Waals surface area contributed by atoms with Gasteiger partial charge in [-0.3, -0.25) is 9.78 Å². The Bertz CT molecular complexity index is 1310. The van der Waals surface area contributed by atoms with Crippen LogP contribution >= 0.6 is 0 Å². The number of anilines is 3. The standard InChI is InChI=1S/C27H29F3N6O3/c1-2-38-25(37)18-5-3-8-26(15-18)9-12-36(17-26)23-14-22(34-24(35-23)19-6-4-10-31-16-19)33-21-13-20(7-11-32-21)39-27(28,29)30/h4,6-7,10-11,13-14,16,18H,2-3,5,8-9,12,15,17H2,1H3,(H,32,33,34,35). The molecule has 2 aliphatic rings. The van der Waals surface area contributed by atoms with Crippen LogP contribution in [0.15, 0.2) is 48.9 Å². The number of aromatic nitrogens is 4. The van der Waals surface area contributed by atoms with Crippen molar-refractivity contribution in [3.63, 3.8) is 0 Å². The quantitative estimate of drug-likeness (QED) is 0.386. The highest BCUT2D eigenvalue weighted by Gasteiger charge is 2.44. The Morgan fingerprint density at radius 1 is 1.18 bits per heavy atom. The summed E-state index contributed by atoms with van der Waals surface area (Å²) in [6, 6.07) is 7.65. The third-order valence-corrected chi connectivity index (χ3v) is 7.17. The van der Waals surface area contributed by atoms with Crippen molar-refractivity contribution in [2.45, 2.75) is 45.4 Å². The van der Waals surface area contributed by atoms with Crippen LogP contribution in [-0.2, 0) is 9.53 Å². The van der Waals surface area contributed by atoms with Crippen molar-refractivity contribution < 1.29 is 27.4 Å². The zero-order valence-electron chi connectivity index (χ0n) is 21.4. The van der Waals surface area contributed by atoms with Gasteiger partial charge in [-0.05, 0) is 56.2 Å². The highest BCUT2D eigenvalue weighted by atomic mass is 19.4. The molecule has 4 heterocycles. The maximum atomic E-state index is 12.7. The van der Waals surface area contributed by atoms with Crippen LogP contribution in [0.25, 0.3) is 11.4 Å². The van der Waals surface area contributed by atoms with E-state index in [2.05, 4.69) is 29.9 Å². The number of ether oxygens (including phenoxy) is 2. The normalized spacial score (nSPS) is 21.1. The average molecular weight is 543 g/mol. The molecule has 9 nitrogen and oxygen atoms in total. The van der Waals surface area contributed by atoms with E-state index in [4.69, 9.17) is 9.72 Å². The Balaban J connectivity index is 1.41. The fraction of sp³-hybridized carbons (Fsp3) is 0.444. The van der Waals surface area contributed by atoms with E-state index in [9.17, 15) is 18.0 Å². The summed E-state index contributed by atoms with van der Waals surface area (Å²) in [6.07, 6.45) is 4.26. The summed E-state index contributed by atoms with van der Waals surface area (Å²) in [4.78, 5) is 32.3. The van der Waals surface area contributed by atoms with E-state index in [1.807, 2.05) is 13.0 Å². The van der Waals surface area contributed by atoms with E-state index in [0.29, 0.717) is 29.6 Å². The summed E-state index contributed by atoms with van der Waals surface area (Å²) < 4.78 is 47.4. The molecule has 12 heteroatoms. The number of esters is 1. The van der Waals surface area contributed by atoms with Gasteiger partial charge >= 0.3 is 12.3 Å². The van der Waals surface area contributed by atoms with Crippen LogP contribution in [0.5, 0.6) is 5.75 Å². The monoisotopic (exact) mass is 542 g/mol. The van der Waals surface area contributed by atoms with Crippen molar-refractivity contribution in [3.8, 4) is 17.1 Å². The van der Waals surface area contributed by atoms with E-state index in [-0.39, 0.29) is 23.1 Å². The van der Waals surface area contributed by atoms with E-state index < -0.39 is 12.1 Å². The highest BCUT2D eigenvalue weighted by Crippen LogP contribution is 2.47. The summed E-state index contributed by atoms with van der Waals surface area (Å²) in [5.41, 5.74) is 0.687. The number of rotatable bonds is 7. The van der Waals surface area contributed by atoms with Crippen LogP contribution in [0.3, 0.4) is 0 Å². The second-order valence-electron chi connectivity index (χ2n) is 9.94. The lowest BCUT2D eigenvalue weighted by molar-refractivity contribution is -0.274. The summed E-state index contributed by atoms with van der Waals surface area (Å²) in [6.45, 7) is 3.69. The lowest BCUT2D eigenvalue weighted by atomic mass is 9.69. The number of nitrogens with zero attached hydrogens (tertiary/aromatic N) is 5. The summed E-state index contributed by atoms with van der Waals surface area (Å²) in [5, 5.41) is 2.99. The molecule has 1 aliphatic carbocycles. The van der Waals surface area contributed by atoms with Crippen LogP contribution < -0.4 is 15.0 Å². The predicted octanol–water partition coefficient (Wildman–Crippen LogP) is 5.53. The van der Waals surface area contributed by atoms with Gasteiger partial charge in [0.25, 0.3) is 0 Å². The minimum atomic E-state index is -4.81. The maximum Gasteiger partial charge on any atom is 0.573 e. The minimum Gasteiger partial charge on any atom is -0.466 e. The van der Waals surface area contributed by atoms with Crippen molar-refractivity contribution in [2.75, 3.05) is 29.9 Å². The van der Waals surface area contributed by atoms with Crippen molar-refractivity contribution >= 4 is 23.4 Å². The molecule has 1 saturated heterocycles. The highest BCUT2D eigenvalue weighted by molar-refractivity contribution is 5.72. The Hall–Kier alpha value is -3.96. The fourth-order valence-corrected chi connectivity index (χ4v) is 5.51. The van der Waals surface area contributed by atoms with Crippen molar-refractivity contribution in [3.05, 3.63) is 48.9 Å². The largest absolute Gasteiger partial charge is 0.573 e. The van der Waals surface area contributed by atoms with Gasteiger partial charge in [0, 0.05) is 49.4 Å². The molecule has 3 aromatic rings. The molecule has 39 heavy (non-hydrogen) atoms. The number of carbonyl (C=O) groups excluding carboxylic acids is 1. The van der Waals surface area contributed by atoms with Crippen LogP contribution in [0.4, 0.5) is 30.6 Å². The SMILES string of the molecule is CCOC(=O)C1CCCC2(CCN(c3cc(Nc4cc(OC(F)(F)F)ccn4)nc(-c4cccnc4)n3)C2)C1. The van der Waals surface area contributed by atoms with Crippen LogP contribution in [0, 0.1) is 11.3 Å². The van der Waals surface area contributed by atoms with Gasteiger partial charge in [-0.1, -0.05) is 6.42 Å². The van der Waals surface area contributed by atoms with Gasteiger partial charge in [-0.25, -0.2) is 15.0 Å². The molecule has 206 valence electrons. The van der Waals surface area contributed by atoms with Crippen molar-refractivity contribution in [2.24, 2.45) is 11.3 Å². The minimum absolute atomic E-state index is 0.00644. The van der Waals surface area contributed by atoms with Gasteiger partial charge in [0.1, 0.15) is 23.2 Å². The Labute approximate surface area is 223 Å². The number of hydrogen-bond donors (Lipinski definition) is 1. The molecular formula is C27H29F3N6O3. The van der Waals surface area contributed by atoms with Crippen LogP contribution in [-0.4, -0.2) is 52.0 Å². The molecule has 2 unspecified atom stereocenters. The molecule has 0 amide bonds. The predicted molar refractivity (Wildman–Crippen MR) is 137 cm³/mol. The molecule has 1 spiro atoms. The number of carbonyl (C=O) groups is 1. The molecule has 0 aromatic carbocycles. The van der Waals surface area contributed by atoms with Gasteiger partial charge in [-0.15, -0.1) is 13.2 Å². The molecule has 2 fully saturated rings.